The van der Waals surface area contributed by atoms with Gasteiger partial charge in [0.05, 0.1) is 6.04 Å². The van der Waals surface area contributed by atoms with E-state index in [2.05, 4.69) is 21.7 Å². The number of thiophene rings is 1. The van der Waals surface area contributed by atoms with Crippen molar-refractivity contribution >= 4 is 29.2 Å². The Morgan fingerprint density at radius 3 is 2.69 bits per heavy atom. The fourth-order valence-corrected chi connectivity index (χ4v) is 4.39. The first-order chi connectivity index (χ1) is 12.6. The third-order valence-electron chi connectivity index (χ3n) is 4.96. The molecule has 3 heterocycles. The van der Waals surface area contributed by atoms with Crippen LogP contribution in [0.25, 0.3) is 0 Å². The standard InChI is InChI=1S/C18H26N4O3S/c1-20-13-17(24)22(18(20)25)10-4-7-16(23)19-12-14(15-6-5-11-26-15)21-8-2-3-9-21/h5-6,11,14H,2-4,7-10,12-13H2,1H3,(H,19,23). The molecule has 1 N–H and O–H groups in total. The molecule has 1 aromatic heterocycles. The van der Waals surface area contributed by atoms with Crippen molar-refractivity contribution in [2.24, 2.45) is 0 Å². The van der Waals surface area contributed by atoms with E-state index >= 15 is 0 Å². The molecule has 0 aromatic carbocycles. The fraction of sp³-hybridized carbons (Fsp3) is 0.611. The van der Waals surface area contributed by atoms with Crippen LogP contribution in [0.5, 0.6) is 0 Å². The molecule has 3 rings (SSSR count). The summed E-state index contributed by atoms with van der Waals surface area (Å²) in [6.07, 6.45) is 3.23. The van der Waals surface area contributed by atoms with E-state index in [1.807, 2.05) is 6.07 Å². The summed E-state index contributed by atoms with van der Waals surface area (Å²) in [5, 5.41) is 5.10. The number of hydrogen-bond acceptors (Lipinski definition) is 5. The molecular weight excluding hydrogens is 352 g/mol. The van der Waals surface area contributed by atoms with Crippen LogP contribution in [0.15, 0.2) is 17.5 Å². The Bertz CT molecular complexity index is 643. The van der Waals surface area contributed by atoms with Crippen molar-refractivity contribution < 1.29 is 14.4 Å². The maximum Gasteiger partial charge on any atom is 0.326 e. The summed E-state index contributed by atoms with van der Waals surface area (Å²) < 4.78 is 0. The van der Waals surface area contributed by atoms with Crippen molar-refractivity contribution in [3.63, 3.8) is 0 Å². The van der Waals surface area contributed by atoms with Gasteiger partial charge in [0.15, 0.2) is 0 Å². The maximum atomic E-state index is 12.2. The maximum absolute atomic E-state index is 12.2. The second kappa shape index (κ2) is 8.64. The molecule has 1 unspecified atom stereocenters. The molecule has 8 heteroatoms. The summed E-state index contributed by atoms with van der Waals surface area (Å²) in [7, 11) is 1.61. The molecule has 0 aliphatic carbocycles. The van der Waals surface area contributed by atoms with Gasteiger partial charge in [-0.3, -0.25) is 19.4 Å². The Hall–Kier alpha value is -1.93. The minimum atomic E-state index is -0.276. The van der Waals surface area contributed by atoms with Gasteiger partial charge in [0, 0.05) is 31.4 Å². The van der Waals surface area contributed by atoms with Crippen LogP contribution in [-0.4, -0.2) is 72.3 Å². The highest BCUT2D eigenvalue weighted by atomic mass is 32.1. The van der Waals surface area contributed by atoms with Crippen LogP contribution in [0.4, 0.5) is 4.79 Å². The van der Waals surface area contributed by atoms with Crippen molar-refractivity contribution in [2.75, 3.05) is 39.8 Å². The first-order valence-corrected chi connectivity index (χ1v) is 10.0. The molecule has 1 atom stereocenters. The molecule has 1 aromatic rings. The largest absolute Gasteiger partial charge is 0.354 e. The monoisotopic (exact) mass is 378 g/mol. The SMILES string of the molecule is CN1CC(=O)N(CCCC(=O)NCC(c2cccs2)N2CCCC2)C1=O. The predicted octanol–water partition coefficient (Wildman–Crippen LogP) is 1.68. The molecule has 2 fully saturated rings. The normalized spacial score (nSPS) is 19.4. The van der Waals surface area contributed by atoms with Crippen LogP contribution in [0, 0.1) is 0 Å². The molecule has 2 saturated heterocycles. The zero-order chi connectivity index (χ0) is 18.5. The number of urea groups is 1. The van der Waals surface area contributed by atoms with Gasteiger partial charge >= 0.3 is 6.03 Å². The first-order valence-electron chi connectivity index (χ1n) is 9.16. The summed E-state index contributed by atoms with van der Waals surface area (Å²) in [6.45, 7) is 3.18. The Morgan fingerprint density at radius 2 is 2.08 bits per heavy atom. The number of carbonyl (C=O) groups is 3. The smallest absolute Gasteiger partial charge is 0.326 e. The van der Waals surface area contributed by atoms with Gasteiger partial charge in [-0.15, -0.1) is 11.3 Å². The zero-order valence-electron chi connectivity index (χ0n) is 15.1. The zero-order valence-corrected chi connectivity index (χ0v) is 16.0. The molecule has 2 aliphatic heterocycles. The molecular formula is C18H26N4O3S. The van der Waals surface area contributed by atoms with Gasteiger partial charge in [-0.2, -0.15) is 0 Å². The van der Waals surface area contributed by atoms with Gasteiger partial charge in [0.2, 0.25) is 11.8 Å². The van der Waals surface area contributed by atoms with Gasteiger partial charge in [0.1, 0.15) is 6.54 Å². The first kappa shape index (κ1) is 18.8. The van der Waals surface area contributed by atoms with Crippen LogP contribution in [0.1, 0.15) is 36.6 Å². The average molecular weight is 378 g/mol. The number of imide groups is 1. The van der Waals surface area contributed by atoms with Crippen molar-refractivity contribution in [2.45, 2.75) is 31.7 Å². The average Bonchev–Trinajstić information content (AvgIpc) is 3.35. The van der Waals surface area contributed by atoms with E-state index in [1.165, 1.54) is 27.5 Å². The number of nitrogens with one attached hydrogen (secondary N) is 1. The van der Waals surface area contributed by atoms with Gasteiger partial charge < -0.3 is 10.2 Å². The van der Waals surface area contributed by atoms with E-state index in [4.69, 9.17) is 0 Å². The number of likely N-dealkylation sites (tertiary alicyclic amines) is 1. The van der Waals surface area contributed by atoms with Crippen molar-refractivity contribution in [1.82, 2.24) is 20.0 Å². The number of rotatable bonds is 8. The lowest BCUT2D eigenvalue weighted by Crippen LogP contribution is -2.37. The Balaban J connectivity index is 1.44. The van der Waals surface area contributed by atoms with Gasteiger partial charge in [-0.25, -0.2) is 4.79 Å². The van der Waals surface area contributed by atoms with Gasteiger partial charge in [0.25, 0.3) is 0 Å². The fourth-order valence-electron chi connectivity index (χ4n) is 3.53. The topological polar surface area (TPSA) is 73.0 Å². The quantitative estimate of drug-likeness (QED) is 0.699. The molecule has 0 bridgehead atoms. The summed E-state index contributed by atoms with van der Waals surface area (Å²) in [5.41, 5.74) is 0. The van der Waals surface area contributed by atoms with Crippen LogP contribution in [-0.2, 0) is 9.59 Å². The highest BCUT2D eigenvalue weighted by Gasteiger charge is 2.33. The summed E-state index contributed by atoms with van der Waals surface area (Å²) >= 11 is 1.73. The highest BCUT2D eigenvalue weighted by molar-refractivity contribution is 7.10. The molecule has 0 spiro atoms. The number of amides is 4. The lowest BCUT2D eigenvalue weighted by Gasteiger charge is -2.27. The Morgan fingerprint density at radius 1 is 1.31 bits per heavy atom. The van der Waals surface area contributed by atoms with Crippen molar-refractivity contribution in [3.8, 4) is 0 Å². The van der Waals surface area contributed by atoms with Gasteiger partial charge in [-0.05, 0) is 43.8 Å². The van der Waals surface area contributed by atoms with E-state index in [-0.39, 0.29) is 30.4 Å². The van der Waals surface area contributed by atoms with E-state index in [9.17, 15) is 14.4 Å². The third-order valence-corrected chi connectivity index (χ3v) is 5.94. The Labute approximate surface area is 157 Å². The molecule has 2 aliphatic rings. The number of nitrogens with zero attached hydrogens (tertiary/aromatic N) is 3. The van der Waals surface area contributed by atoms with E-state index in [1.54, 1.807) is 18.4 Å². The summed E-state index contributed by atoms with van der Waals surface area (Å²) in [4.78, 5) is 42.1. The molecule has 142 valence electrons. The lowest BCUT2D eigenvalue weighted by atomic mass is 10.2. The third kappa shape index (κ3) is 4.42. The van der Waals surface area contributed by atoms with Gasteiger partial charge in [-0.1, -0.05) is 6.07 Å². The van der Waals surface area contributed by atoms with Crippen LogP contribution in [0.3, 0.4) is 0 Å². The van der Waals surface area contributed by atoms with Crippen LogP contribution < -0.4 is 5.32 Å². The second-order valence-electron chi connectivity index (χ2n) is 6.87. The molecule has 26 heavy (non-hydrogen) atoms. The van der Waals surface area contributed by atoms with E-state index < -0.39 is 0 Å². The molecule has 7 nitrogen and oxygen atoms in total. The summed E-state index contributed by atoms with van der Waals surface area (Å²) in [6, 6.07) is 4.13. The van der Waals surface area contributed by atoms with E-state index in [0.29, 0.717) is 25.9 Å². The number of hydrogen-bond donors (Lipinski definition) is 1. The highest BCUT2D eigenvalue weighted by Crippen LogP contribution is 2.27. The van der Waals surface area contributed by atoms with Crippen LogP contribution >= 0.6 is 11.3 Å². The van der Waals surface area contributed by atoms with Crippen molar-refractivity contribution in [1.29, 1.82) is 0 Å². The summed E-state index contributed by atoms with van der Waals surface area (Å²) in [5.74, 6) is -0.220. The number of likely N-dealkylation sites (N-methyl/N-ethyl adjacent to an activating group) is 1. The Kier molecular flexibility index (Phi) is 6.26. The lowest BCUT2D eigenvalue weighted by molar-refractivity contribution is -0.126. The molecule has 4 amide bonds. The molecule has 0 radical (unpaired) electrons. The second-order valence-corrected chi connectivity index (χ2v) is 7.85. The molecule has 0 saturated carbocycles. The minimum absolute atomic E-state index is 0.0294. The minimum Gasteiger partial charge on any atom is -0.354 e. The predicted molar refractivity (Wildman–Crippen MR) is 99.8 cm³/mol. The number of carbonyl (C=O) groups excluding carboxylic acids is 3. The van der Waals surface area contributed by atoms with Crippen LogP contribution in [0.2, 0.25) is 0 Å². The van der Waals surface area contributed by atoms with E-state index in [0.717, 1.165) is 13.1 Å². The van der Waals surface area contributed by atoms with Crippen molar-refractivity contribution in [3.05, 3.63) is 22.4 Å².